The molecule has 0 spiro atoms. The van der Waals surface area contributed by atoms with Crippen molar-refractivity contribution in [2.45, 2.75) is 108 Å². The van der Waals surface area contributed by atoms with Gasteiger partial charge in [0.15, 0.2) is 5.71 Å². The molecule has 2 N–H and O–H groups in total. The molecule has 0 atom stereocenters. The zero-order valence-electron chi connectivity index (χ0n) is 36.4. The molecule has 338 valence electrons. The first kappa shape index (κ1) is 47.9. The number of amides is 2. The normalized spacial score (nSPS) is 17.9. The van der Waals surface area contributed by atoms with E-state index in [0.717, 1.165) is 57.2 Å². The van der Waals surface area contributed by atoms with Crippen molar-refractivity contribution in [2.24, 2.45) is 0 Å². The van der Waals surface area contributed by atoms with E-state index in [9.17, 15) is 40.3 Å². The maximum absolute atomic E-state index is 12.2. The molecular weight excluding hydrogens is 863 g/mol. The standard InChI is InChI=1S/C47H57N3O10S3/c1-46(2)37-33-35(61-30-14-6-9-21-44(53)60-50-42(51)26-27-43(50)52)23-25-38(37)48(28-12-15-31-62(54,55)56)40(46)19-7-5-8-20-41-47(3,4)45-36-18-11-10-17-34(36)22-24-39(45)49(41)29-13-16-32-63(57,58)59/h5,7-8,10-11,17-20,22-25,33H,6,9,12-16,21,26-32H2,1-4H3,(H-,54,55,56,57,58,59)/p+1. The molecule has 13 nitrogen and oxygen atoms in total. The summed E-state index contributed by atoms with van der Waals surface area (Å²) in [6, 6.07) is 19.0. The van der Waals surface area contributed by atoms with Gasteiger partial charge in [-0.2, -0.15) is 21.4 Å². The summed E-state index contributed by atoms with van der Waals surface area (Å²) in [5.74, 6) is -1.32. The maximum atomic E-state index is 12.2. The fourth-order valence-corrected chi connectivity index (χ4v) is 10.9. The number of imide groups is 1. The van der Waals surface area contributed by atoms with E-state index in [2.05, 4.69) is 91.8 Å². The number of thioether (sulfide) groups is 1. The molecule has 0 aliphatic carbocycles. The van der Waals surface area contributed by atoms with Crippen molar-refractivity contribution in [3.8, 4) is 0 Å². The quantitative estimate of drug-likeness (QED) is 0.0260. The van der Waals surface area contributed by atoms with Gasteiger partial charge in [0.25, 0.3) is 32.1 Å². The van der Waals surface area contributed by atoms with E-state index in [1.54, 1.807) is 11.8 Å². The van der Waals surface area contributed by atoms with Crippen molar-refractivity contribution in [3.05, 3.63) is 102 Å². The monoisotopic (exact) mass is 920 g/mol. The topological polar surface area (TPSA) is 179 Å². The minimum Gasteiger partial charge on any atom is -0.344 e. The molecule has 1 saturated heterocycles. The Morgan fingerprint density at radius 2 is 1.51 bits per heavy atom. The number of carbonyl (C=O) groups excluding carboxylic acids is 3. The molecule has 63 heavy (non-hydrogen) atoms. The average Bonchev–Trinajstić information content (AvgIpc) is 3.73. The van der Waals surface area contributed by atoms with Crippen molar-refractivity contribution in [1.82, 2.24) is 5.06 Å². The van der Waals surface area contributed by atoms with Gasteiger partial charge < -0.3 is 9.74 Å². The van der Waals surface area contributed by atoms with Crippen LogP contribution >= 0.6 is 11.8 Å². The highest BCUT2D eigenvalue weighted by atomic mass is 32.2. The van der Waals surface area contributed by atoms with Crippen LogP contribution in [-0.4, -0.2) is 89.4 Å². The molecule has 3 aliphatic heterocycles. The minimum atomic E-state index is -4.08. The lowest BCUT2D eigenvalue weighted by Crippen LogP contribution is -2.31. The zero-order chi connectivity index (χ0) is 45.6. The van der Waals surface area contributed by atoms with Gasteiger partial charge in [0.1, 0.15) is 6.54 Å². The van der Waals surface area contributed by atoms with E-state index in [-0.39, 0.29) is 36.2 Å². The van der Waals surface area contributed by atoms with Crippen molar-refractivity contribution >= 4 is 77.6 Å². The fraction of sp³-hybridized carbons (Fsp3) is 0.447. The van der Waals surface area contributed by atoms with E-state index in [4.69, 9.17) is 4.84 Å². The van der Waals surface area contributed by atoms with Crippen molar-refractivity contribution in [1.29, 1.82) is 0 Å². The van der Waals surface area contributed by atoms with Gasteiger partial charge in [-0.25, -0.2) is 4.79 Å². The van der Waals surface area contributed by atoms with Crippen LogP contribution in [0.1, 0.15) is 103 Å². The number of hydroxylamine groups is 2. The molecule has 0 bridgehead atoms. The SMILES string of the molecule is CC1(C)C(/C=C/C=C/C=C2/N(CCCCS(=O)(=O)O)c3ccc(SCCCCCC(=O)ON4C(=O)CCC4=O)cc3C2(C)C)=[N+](CCCCS(=O)(=O)O)c2ccc3ccccc3c21. The van der Waals surface area contributed by atoms with E-state index in [0.29, 0.717) is 50.3 Å². The van der Waals surface area contributed by atoms with Crippen LogP contribution in [0.2, 0.25) is 0 Å². The summed E-state index contributed by atoms with van der Waals surface area (Å²) < 4.78 is 66.9. The van der Waals surface area contributed by atoms with Gasteiger partial charge >= 0.3 is 5.97 Å². The second-order valence-corrected chi connectivity index (χ2v) is 21.6. The molecule has 16 heteroatoms. The first-order valence-electron chi connectivity index (χ1n) is 21.5. The minimum absolute atomic E-state index is 0.0622. The summed E-state index contributed by atoms with van der Waals surface area (Å²) in [7, 11) is -8.13. The van der Waals surface area contributed by atoms with Crippen LogP contribution in [0.5, 0.6) is 0 Å². The van der Waals surface area contributed by atoms with E-state index in [1.807, 2.05) is 30.4 Å². The van der Waals surface area contributed by atoms with Gasteiger partial charge in [-0.3, -0.25) is 18.7 Å². The number of hydrogen-bond acceptors (Lipinski definition) is 10. The second-order valence-electron chi connectivity index (χ2n) is 17.3. The Morgan fingerprint density at radius 3 is 2.22 bits per heavy atom. The van der Waals surface area contributed by atoms with Crippen LogP contribution in [0.4, 0.5) is 11.4 Å². The smallest absolute Gasteiger partial charge is 0.333 e. The molecule has 3 heterocycles. The van der Waals surface area contributed by atoms with Crippen LogP contribution < -0.4 is 4.90 Å². The molecular formula is C47H58N3O10S3+. The highest BCUT2D eigenvalue weighted by Gasteiger charge is 2.45. The van der Waals surface area contributed by atoms with Gasteiger partial charge in [0, 0.05) is 71.6 Å². The van der Waals surface area contributed by atoms with Crippen molar-refractivity contribution in [3.63, 3.8) is 0 Å². The van der Waals surface area contributed by atoms with Crippen LogP contribution in [-0.2, 0) is 50.3 Å². The summed E-state index contributed by atoms with van der Waals surface area (Å²) in [6.07, 6.45) is 14.5. The fourth-order valence-electron chi connectivity index (χ4n) is 8.77. The third kappa shape index (κ3) is 11.8. The molecule has 3 aliphatic rings. The maximum Gasteiger partial charge on any atom is 0.333 e. The van der Waals surface area contributed by atoms with E-state index in [1.165, 1.54) is 10.9 Å². The Bertz CT molecular complexity index is 2580. The Labute approximate surface area is 375 Å². The Hall–Kier alpha value is -4.61. The van der Waals surface area contributed by atoms with E-state index >= 15 is 0 Å². The van der Waals surface area contributed by atoms with Crippen LogP contribution in [0.15, 0.2) is 95.6 Å². The summed E-state index contributed by atoms with van der Waals surface area (Å²) >= 11 is 1.73. The molecule has 0 saturated carbocycles. The van der Waals surface area contributed by atoms with Gasteiger partial charge in [0.2, 0.25) is 5.69 Å². The summed E-state index contributed by atoms with van der Waals surface area (Å²) in [5.41, 5.74) is 5.84. The molecule has 3 aromatic rings. The Morgan fingerprint density at radius 1 is 0.810 bits per heavy atom. The molecule has 0 unspecified atom stereocenters. The van der Waals surface area contributed by atoms with Crippen LogP contribution in [0.3, 0.4) is 0 Å². The average molecular weight is 921 g/mol. The summed E-state index contributed by atoms with van der Waals surface area (Å²) in [4.78, 5) is 43.9. The number of allylic oxidation sites excluding steroid dienone is 6. The van der Waals surface area contributed by atoms with Crippen LogP contribution in [0.25, 0.3) is 10.8 Å². The number of benzene rings is 3. The lowest BCUT2D eigenvalue weighted by molar-refractivity contribution is -0.438. The summed E-state index contributed by atoms with van der Waals surface area (Å²) in [5, 5.41) is 2.89. The Kier molecular flexibility index (Phi) is 15.2. The third-order valence-corrected chi connectivity index (χ3v) is 14.6. The molecule has 3 aromatic carbocycles. The van der Waals surface area contributed by atoms with Crippen LogP contribution in [0, 0.1) is 0 Å². The lowest BCUT2D eigenvalue weighted by atomic mass is 9.79. The first-order chi connectivity index (χ1) is 29.8. The molecule has 2 amide bonds. The molecule has 1 fully saturated rings. The third-order valence-electron chi connectivity index (χ3n) is 11.9. The number of fused-ring (bicyclic) bond motifs is 4. The lowest BCUT2D eigenvalue weighted by Gasteiger charge is -2.27. The first-order valence-corrected chi connectivity index (χ1v) is 25.7. The number of unbranched alkanes of at least 4 members (excludes halogenated alkanes) is 4. The van der Waals surface area contributed by atoms with Gasteiger partial charge in [-0.1, -0.05) is 62.8 Å². The van der Waals surface area contributed by atoms with E-state index < -0.39 is 43.4 Å². The van der Waals surface area contributed by atoms with Crippen molar-refractivity contribution < 1.29 is 49.7 Å². The van der Waals surface area contributed by atoms with Crippen molar-refractivity contribution in [2.75, 3.05) is 35.2 Å². The molecule has 0 aromatic heterocycles. The largest absolute Gasteiger partial charge is 0.344 e. The predicted molar refractivity (Wildman–Crippen MR) is 248 cm³/mol. The highest BCUT2D eigenvalue weighted by molar-refractivity contribution is 7.99. The number of hydrogen-bond donors (Lipinski definition) is 2. The highest BCUT2D eigenvalue weighted by Crippen LogP contribution is 2.49. The second kappa shape index (κ2) is 20.1. The zero-order valence-corrected chi connectivity index (χ0v) is 38.9. The van der Waals surface area contributed by atoms with Gasteiger partial charge in [0.05, 0.1) is 16.9 Å². The number of carbonyl (C=O) groups is 3. The number of anilines is 1. The number of rotatable bonds is 21. The van der Waals surface area contributed by atoms with Gasteiger partial charge in [-0.15, -0.1) is 16.8 Å². The number of nitrogens with zero attached hydrogens (tertiary/aromatic N) is 3. The molecule has 6 rings (SSSR count). The van der Waals surface area contributed by atoms with Gasteiger partial charge in [-0.05, 0) is 98.4 Å². The Balaban J connectivity index is 1.16. The summed E-state index contributed by atoms with van der Waals surface area (Å²) in [6.45, 7) is 9.90. The predicted octanol–water partition coefficient (Wildman–Crippen LogP) is 8.61. The molecule has 0 radical (unpaired) electrons.